The molecular weight excluding hydrogens is 410 g/mol. The lowest BCUT2D eigenvalue weighted by Crippen LogP contribution is -2.31. The highest BCUT2D eigenvalue weighted by atomic mass is 35.5. The van der Waals surface area contributed by atoms with E-state index in [2.05, 4.69) is 21.9 Å². The van der Waals surface area contributed by atoms with Gasteiger partial charge in [0, 0.05) is 29.4 Å². The van der Waals surface area contributed by atoms with Gasteiger partial charge in [-0.1, -0.05) is 30.7 Å². The van der Waals surface area contributed by atoms with Gasteiger partial charge in [-0.3, -0.25) is 9.52 Å². The molecule has 0 atom stereocenters. The summed E-state index contributed by atoms with van der Waals surface area (Å²) in [6.07, 6.45) is 2.90. The lowest BCUT2D eigenvalue weighted by Gasteiger charge is -2.20. The minimum absolute atomic E-state index is 0.167. The Morgan fingerprint density at radius 1 is 1.03 bits per heavy atom. The number of halogens is 1. The Hall–Kier alpha value is -2.09. The van der Waals surface area contributed by atoms with Crippen LogP contribution in [0.4, 0.5) is 5.69 Å². The summed E-state index contributed by atoms with van der Waals surface area (Å²) in [6.45, 7) is 5.53. The van der Waals surface area contributed by atoms with Crippen molar-refractivity contribution >= 4 is 33.2 Å². The van der Waals surface area contributed by atoms with Crippen LogP contribution in [0.2, 0.25) is 5.02 Å². The quantitative estimate of drug-likeness (QED) is 0.528. The summed E-state index contributed by atoms with van der Waals surface area (Å²) < 4.78 is 24.8. The molecule has 0 fully saturated rings. The number of anilines is 1. The summed E-state index contributed by atoms with van der Waals surface area (Å²) >= 11 is 5.92. The smallest absolute Gasteiger partial charge is 0.251 e. The van der Waals surface area contributed by atoms with E-state index in [-0.39, 0.29) is 5.91 Å². The van der Waals surface area contributed by atoms with Crippen molar-refractivity contribution in [2.24, 2.45) is 0 Å². The normalized spacial score (nSPS) is 11.4. The van der Waals surface area contributed by atoms with Gasteiger partial charge < -0.3 is 10.2 Å². The molecule has 2 aromatic carbocycles. The number of nitrogens with zero attached hydrogens (tertiary/aromatic N) is 1. The Labute approximate surface area is 178 Å². The highest BCUT2D eigenvalue weighted by Gasteiger charge is 2.08. The van der Waals surface area contributed by atoms with Crippen LogP contribution >= 0.6 is 11.6 Å². The number of hydrogen-bond donors (Lipinski definition) is 2. The Kier molecular flexibility index (Phi) is 8.95. The van der Waals surface area contributed by atoms with Crippen molar-refractivity contribution in [3.05, 3.63) is 64.7 Å². The van der Waals surface area contributed by atoms with Gasteiger partial charge in [0.2, 0.25) is 10.0 Å². The SMILES string of the molecule is CCN(CCCNC(=O)c1ccc(NS(C)(=O)=O)cc1)CCc1ccc(Cl)cc1. The fraction of sp³-hybridized carbons (Fsp3) is 0.381. The predicted octanol–water partition coefficient (Wildman–Crippen LogP) is 3.40. The fourth-order valence-corrected chi connectivity index (χ4v) is 3.57. The summed E-state index contributed by atoms with van der Waals surface area (Å²) in [4.78, 5) is 14.6. The topological polar surface area (TPSA) is 78.5 Å². The van der Waals surface area contributed by atoms with E-state index in [9.17, 15) is 13.2 Å². The third kappa shape index (κ3) is 8.85. The number of rotatable bonds is 11. The molecule has 0 bridgehead atoms. The molecule has 1 amide bonds. The van der Waals surface area contributed by atoms with Crippen LogP contribution < -0.4 is 10.0 Å². The molecule has 2 aromatic rings. The van der Waals surface area contributed by atoms with Crippen LogP contribution in [0.3, 0.4) is 0 Å². The van der Waals surface area contributed by atoms with E-state index in [1.54, 1.807) is 24.3 Å². The molecule has 0 aliphatic heterocycles. The van der Waals surface area contributed by atoms with Crippen molar-refractivity contribution in [1.29, 1.82) is 0 Å². The lowest BCUT2D eigenvalue weighted by molar-refractivity contribution is 0.0951. The zero-order valence-electron chi connectivity index (χ0n) is 16.8. The van der Waals surface area contributed by atoms with Crippen LogP contribution in [-0.4, -0.2) is 51.7 Å². The molecule has 0 unspecified atom stereocenters. The van der Waals surface area contributed by atoms with Gasteiger partial charge in [0.1, 0.15) is 0 Å². The van der Waals surface area contributed by atoms with Gasteiger partial charge in [0.25, 0.3) is 5.91 Å². The van der Waals surface area contributed by atoms with E-state index >= 15 is 0 Å². The van der Waals surface area contributed by atoms with Crippen molar-refractivity contribution in [2.75, 3.05) is 37.2 Å². The average Bonchev–Trinajstić information content (AvgIpc) is 2.68. The van der Waals surface area contributed by atoms with E-state index in [0.29, 0.717) is 17.8 Å². The molecule has 158 valence electrons. The van der Waals surface area contributed by atoms with Gasteiger partial charge in [-0.05, 0) is 67.9 Å². The summed E-state index contributed by atoms with van der Waals surface area (Å²) in [6, 6.07) is 14.3. The maximum absolute atomic E-state index is 12.2. The van der Waals surface area contributed by atoms with Crippen molar-refractivity contribution in [3.8, 4) is 0 Å². The standard InChI is InChI=1S/C21H28ClN3O3S/c1-3-25(16-13-17-5-9-19(22)10-6-17)15-4-14-23-21(26)18-7-11-20(12-8-18)24-29(2,27)28/h5-12,24H,3-4,13-16H2,1-2H3,(H,23,26). The largest absolute Gasteiger partial charge is 0.352 e. The molecule has 6 nitrogen and oxygen atoms in total. The Balaban J connectivity index is 1.71. The highest BCUT2D eigenvalue weighted by Crippen LogP contribution is 2.11. The molecule has 0 spiro atoms. The number of benzene rings is 2. The maximum Gasteiger partial charge on any atom is 0.251 e. The Morgan fingerprint density at radius 2 is 1.69 bits per heavy atom. The minimum Gasteiger partial charge on any atom is -0.352 e. The van der Waals surface area contributed by atoms with Crippen LogP contribution in [0.1, 0.15) is 29.3 Å². The average molecular weight is 438 g/mol. The third-order valence-electron chi connectivity index (χ3n) is 4.46. The summed E-state index contributed by atoms with van der Waals surface area (Å²) in [7, 11) is -3.32. The first-order valence-electron chi connectivity index (χ1n) is 9.59. The molecule has 0 radical (unpaired) electrons. The minimum atomic E-state index is -3.32. The Bertz CT molecular complexity index is 884. The van der Waals surface area contributed by atoms with Crippen molar-refractivity contribution in [1.82, 2.24) is 10.2 Å². The monoisotopic (exact) mass is 437 g/mol. The van der Waals surface area contributed by atoms with Crippen molar-refractivity contribution in [3.63, 3.8) is 0 Å². The first kappa shape index (κ1) is 23.2. The van der Waals surface area contributed by atoms with Crippen LogP contribution in [0, 0.1) is 0 Å². The molecule has 2 rings (SSSR count). The zero-order valence-corrected chi connectivity index (χ0v) is 18.4. The third-order valence-corrected chi connectivity index (χ3v) is 5.32. The molecule has 0 aliphatic rings. The summed E-state index contributed by atoms with van der Waals surface area (Å²) in [5.74, 6) is -0.167. The van der Waals surface area contributed by atoms with E-state index in [1.807, 2.05) is 24.3 Å². The van der Waals surface area contributed by atoms with E-state index in [0.717, 1.165) is 43.8 Å². The number of amides is 1. The van der Waals surface area contributed by atoms with Gasteiger partial charge in [-0.25, -0.2) is 8.42 Å². The van der Waals surface area contributed by atoms with Gasteiger partial charge in [0.15, 0.2) is 0 Å². The Morgan fingerprint density at radius 3 is 2.28 bits per heavy atom. The summed E-state index contributed by atoms with van der Waals surface area (Å²) in [5, 5.41) is 3.66. The van der Waals surface area contributed by atoms with Crippen LogP contribution in [0.5, 0.6) is 0 Å². The lowest BCUT2D eigenvalue weighted by atomic mass is 10.1. The molecule has 0 heterocycles. The number of carbonyl (C=O) groups is 1. The fourth-order valence-electron chi connectivity index (χ4n) is 2.88. The molecular formula is C21H28ClN3O3S. The highest BCUT2D eigenvalue weighted by molar-refractivity contribution is 7.92. The van der Waals surface area contributed by atoms with E-state index in [4.69, 9.17) is 11.6 Å². The number of likely N-dealkylation sites (N-methyl/N-ethyl adjacent to an activating group) is 1. The molecule has 2 N–H and O–H groups in total. The first-order chi connectivity index (χ1) is 13.8. The predicted molar refractivity (Wildman–Crippen MR) is 119 cm³/mol. The van der Waals surface area contributed by atoms with Gasteiger partial charge >= 0.3 is 0 Å². The second kappa shape index (κ2) is 11.2. The van der Waals surface area contributed by atoms with Crippen molar-refractivity contribution < 1.29 is 13.2 Å². The molecule has 0 saturated heterocycles. The van der Waals surface area contributed by atoms with Crippen LogP contribution in [0.25, 0.3) is 0 Å². The summed E-state index contributed by atoms with van der Waals surface area (Å²) in [5.41, 5.74) is 2.19. The maximum atomic E-state index is 12.2. The second-order valence-corrected chi connectivity index (χ2v) is 9.06. The second-order valence-electron chi connectivity index (χ2n) is 6.87. The van der Waals surface area contributed by atoms with Gasteiger partial charge in [-0.2, -0.15) is 0 Å². The van der Waals surface area contributed by atoms with Gasteiger partial charge in [0.05, 0.1) is 6.26 Å². The number of carbonyl (C=O) groups excluding carboxylic acids is 1. The molecule has 0 aliphatic carbocycles. The number of hydrogen-bond acceptors (Lipinski definition) is 4. The van der Waals surface area contributed by atoms with Crippen LogP contribution in [0.15, 0.2) is 48.5 Å². The zero-order chi connectivity index (χ0) is 21.3. The van der Waals surface area contributed by atoms with Gasteiger partial charge in [-0.15, -0.1) is 0 Å². The molecule has 0 aromatic heterocycles. The number of nitrogens with one attached hydrogen (secondary N) is 2. The van der Waals surface area contributed by atoms with Crippen LogP contribution in [-0.2, 0) is 16.4 Å². The molecule has 0 saturated carbocycles. The van der Waals surface area contributed by atoms with E-state index < -0.39 is 10.0 Å². The number of sulfonamides is 1. The molecule has 8 heteroatoms. The van der Waals surface area contributed by atoms with E-state index in [1.165, 1.54) is 5.56 Å². The molecule has 29 heavy (non-hydrogen) atoms. The first-order valence-corrected chi connectivity index (χ1v) is 11.9. The van der Waals surface area contributed by atoms with Crippen molar-refractivity contribution in [2.45, 2.75) is 19.8 Å².